The van der Waals surface area contributed by atoms with Gasteiger partial charge in [-0.15, -0.1) is 0 Å². The summed E-state index contributed by atoms with van der Waals surface area (Å²) in [6.45, 7) is 13.1. The lowest BCUT2D eigenvalue weighted by molar-refractivity contribution is -0.141. The Morgan fingerprint density at radius 2 is 1.65 bits per heavy atom. The maximum absolute atomic E-state index is 12.5. The summed E-state index contributed by atoms with van der Waals surface area (Å²) in [4.78, 5) is 24.7. The second-order valence-corrected chi connectivity index (χ2v) is 10.6. The third kappa shape index (κ3) is 3.69. The number of carbonyl (C=O) groups excluding carboxylic acids is 2. The van der Waals surface area contributed by atoms with E-state index in [1.165, 1.54) is 0 Å². The molecule has 2 unspecified atom stereocenters. The number of rotatable bonds is 12. The number of fused-ring (bicyclic) bond motifs is 2. The van der Waals surface area contributed by atoms with Gasteiger partial charge in [-0.05, 0) is 52.0 Å². The molecule has 0 aliphatic heterocycles. The van der Waals surface area contributed by atoms with Gasteiger partial charge in [-0.2, -0.15) is 0 Å². The van der Waals surface area contributed by atoms with Crippen molar-refractivity contribution in [1.29, 1.82) is 0 Å². The molecule has 0 spiro atoms. The molecule has 2 fully saturated rings. The summed E-state index contributed by atoms with van der Waals surface area (Å²) in [6, 6.07) is 0.751. The van der Waals surface area contributed by atoms with E-state index in [1.807, 2.05) is 20.8 Å². The average Bonchev–Trinajstić information content (AvgIpc) is 2.91. The van der Waals surface area contributed by atoms with Gasteiger partial charge in [0.15, 0.2) is 0 Å². The first-order valence-electron chi connectivity index (χ1n) is 10.0. The number of carbonyl (C=O) groups is 2. The Bertz CT molecular complexity index is 507. The summed E-state index contributed by atoms with van der Waals surface area (Å²) in [5, 5.41) is 3.43. The van der Waals surface area contributed by atoms with Crippen LogP contribution in [0.3, 0.4) is 0 Å². The molecule has 0 aromatic carbocycles. The largest absolute Gasteiger partial charge is 0.500 e. The summed E-state index contributed by atoms with van der Waals surface area (Å²) in [5.74, 6) is -0.405. The number of Topliss-reactive ketones (excluding diaryl/α,β-unsaturated/α-hetero) is 2. The fraction of sp³-hybridized carbons (Fsp3) is 0.895. The van der Waals surface area contributed by atoms with Gasteiger partial charge in [0.1, 0.15) is 0 Å². The van der Waals surface area contributed by atoms with Crippen LogP contribution in [0.4, 0.5) is 0 Å². The molecule has 6 nitrogen and oxygen atoms in total. The smallest absolute Gasteiger partial charge is 0.374 e. The number of hydrogen-bond acceptors (Lipinski definition) is 6. The molecule has 0 radical (unpaired) electrons. The molecule has 150 valence electrons. The first-order valence-corrected chi connectivity index (χ1v) is 11.9. The first kappa shape index (κ1) is 21.7. The minimum absolute atomic E-state index is 0.0919. The highest BCUT2D eigenvalue weighted by atomic mass is 28.4. The third-order valence-electron chi connectivity index (χ3n) is 6.30. The Labute approximate surface area is 158 Å². The van der Waals surface area contributed by atoms with E-state index in [-0.39, 0.29) is 22.9 Å². The van der Waals surface area contributed by atoms with Gasteiger partial charge < -0.3 is 18.6 Å². The highest BCUT2D eigenvalue weighted by Gasteiger charge is 2.68. The maximum Gasteiger partial charge on any atom is 0.500 e. The minimum Gasteiger partial charge on any atom is -0.374 e. The van der Waals surface area contributed by atoms with Crippen LogP contribution in [0.5, 0.6) is 0 Å². The van der Waals surface area contributed by atoms with E-state index in [1.54, 1.807) is 0 Å². The Hall–Kier alpha value is -0.603. The van der Waals surface area contributed by atoms with Crippen LogP contribution in [0, 0.1) is 16.7 Å². The van der Waals surface area contributed by atoms with Crippen molar-refractivity contribution in [2.24, 2.45) is 16.7 Å². The highest BCUT2D eigenvalue weighted by Crippen LogP contribution is 2.62. The fourth-order valence-electron chi connectivity index (χ4n) is 4.80. The molecule has 2 atom stereocenters. The number of hydrogen-bond donors (Lipinski definition) is 1. The topological polar surface area (TPSA) is 73.9 Å². The van der Waals surface area contributed by atoms with Crippen LogP contribution in [0.15, 0.2) is 0 Å². The Balaban J connectivity index is 1.88. The molecular weight excluding hydrogens is 350 g/mol. The molecule has 0 aromatic rings. The van der Waals surface area contributed by atoms with E-state index in [0.29, 0.717) is 26.4 Å². The van der Waals surface area contributed by atoms with Gasteiger partial charge in [0.2, 0.25) is 11.6 Å². The first-order chi connectivity index (χ1) is 12.3. The van der Waals surface area contributed by atoms with E-state index >= 15 is 0 Å². The van der Waals surface area contributed by atoms with Crippen LogP contribution >= 0.6 is 0 Å². The van der Waals surface area contributed by atoms with Crippen molar-refractivity contribution >= 4 is 20.4 Å². The van der Waals surface area contributed by atoms with Gasteiger partial charge in [0.25, 0.3) is 0 Å². The van der Waals surface area contributed by atoms with E-state index in [4.69, 9.17) is 13.3 Å². The molecule has 2 aliphatic carbocycles. The van der Waals surface area contributed by atoms with E-state index < -0.39 is 14.2 Å². The highest BCUT2D eigenvalue weighted by molar-refractivity contribution is 6.60. The Morgan fingerprint density at radius 3 is 2.12 bits per heavy atom. The molecule has 0 heterocycles. The quantitative estimate of drug-likeness (QED) is 0.316. The number of nitrogens with one attached hydrogen (secondary N) is 1. The molecule has 2 rings (SSSR count). The molecule has 0 saturated heterocycles. The summed E-state index contributed by atoms with van der Waals surface area (Å²) in [5.41, 5.74) is -0.766. The average molecular weight is 386 g/mol. The summed E-state index contributed by atoms with van der Waals surface area (Å²) < 4.78 is 17.6. The molecule has 7 heteroatoms. The normalized spacial score (nSPS) is 27.5. The molecule has 2 saturated carbocycles. The SMILES string of the molecule is CCO[Si](CCCNCC12CCC(C(=O)C1=O)C2(C)C)(OCC)OCC. The van der Waals surface area contributed by atoms with Gasteiger partial charge in [-0.3, -0.25) is 9.59 Å². The lowest BCUT2D eigenvalue weighted by Gasteiger charge is -2.35. The zero-order valence-electron chi connectivity index (χ0n) is 17.0. The summed E-state index contributed by atoms with van der Waals surface area (Å²) in [7, 11) is -2.61. The predicted molar refractivity (Wildman–Crippen MR) is 102 cm³/mol. The molecule has 0 amide bonds. The van der Waals surface area contributed by atoms with Crippen LogP contribution in [-0.2, 0) is 22.9 Å². The molecule has 26 heavy (non-hydrogen) atoms. The third-order valence-corrected chi connectivity index (χ3v) is 9.45. The van der Waals surface area contributed by atoms with Crippen LogP contribution in [0.25, 0.3) is 0 Å². The second kappa shape index (κ2) is 8.60. The monoisotopic (exact) mass is 385 g/mol. The molecular formula is C19H35NO5Si. The van der Waals surface area contributed by atoms with Crippen molar-refractivity contribution in [3.63, 3.8) is 0 Å². The molecule has 2 aliphatic rings. The van der Waals surface area contributed by atoms with Crippen LogP contribution in [-0.4, -0.2) is 53.3 Å². The van der Waals surface area contributed by atoms with Crippen molar-refractivity contribution < 1.29 is 22.9 Å². The standard InChI is InChI=1S/C19H35NO5Si/c1-6-23-26(24-7-2,25-8-3)13-9-12-20-14-19-11-10-15(18(19,4)5)16(21)17(19)22/h15,20H,6-14H2,1-5H3. The second-order valence-electron chi connectivity index (χ2n) is 7.85. The van der Waals surface area contributed by atoms with Crippen LogP contribution in [0.1, 0.15) is 53.9 Å². The lowest BCUT2D eigenvalue weighted by Crippen LogP contribution is -2.47. The minimum atomic E-state index is -2.61. The van der Waals surface area contributed by atoms with Crippen molar-refractivity contribution in [2.75, 3.05) is 32.9 Å². The lowest BCUT2D eigenvalue weighted by atomic mass is 9.69. The molecule has 2 bridgehead atoms. The number of ketones is 2. The Kier molecular flexibility index (Phi) is 7.18. The molecule has 1 N–H and O–H groups in total. The van der Waals surface area contributed by atoms with Crippen molar-refractivity contribution in [1.82, 2.24) is 5.32 Å². The van der Waals surface area contributed by atoms with Crippen LogP contribution in [0.2, 0.25) is 6.04 Å². The Morgan fingerprint density at radius 1 is 1.08 bits per heavy atom. The maximum atomic E-state index is 12.5. The zero-order valence-corrected chi connectivity index (χ0v) is 18.0. The van der Waals surface area contributed by atoms with E-state index in [2.05, 4.69) is 19.2 Å². The van der Waals surface area contributed by atoms with Gasteiger partial charge in [-0.1, -0.05) is 13.8 Å². The van der Waals surface area contributed by atoms with Gasteiger partial charge in [0, 0.05) is 38.3 Å². The molecule has 0 aromatic heterocycles. The van der Waals surface area contributed by atoms with Gasteiger partial charge in [-0.25, -0.2) is 0 Å². The summed E-state index contributed by atoms with van der Waals surface area (Å²) in [6.07, 6.45) is 2.51. The summed E-state index contributed by atoms with van der Waals surface area (Å²) >= 11 is 0. The van der Waals surface area contributed by atoms with E-state index in [9.17, 15) is 9.59 Å². The van der Waals surface area contributed by atoms with Crippen molar-refractivity contribution in [2.45, 2.75) is 59.9 Å². The van der Waals surface area contributed by atoms with Crippen LogP contribution < -0.4 is 5.32 Å². The van der Waals surface area contributed by atoms with E-state index in [0.717, 1.165) is 31.9 Å². The van der Waals surface area contributed by atoms with Crippen molar-refractivity contribution in [3.8, 4) is 0 Å². The zero-order chi connectivity index (χ0) is 19.4. The predicted octanol–water partition coefficient (Wildman–Crippen LogP) is 2.59. The fourth-order valence-corrected chi connectivity index (χ4v) is 7.41. The van der Waals surface area contributed by atoms with Gasteiger partial charge in [0.05, 0.1) is 5.41 Å². The van der Waals surface area contributed by atoms with Gasteiger partial charge >= 0.3 is 8.80 Å². The van der Waals surface area contributed by atoms with Crippen molar-refractivity contribution in [3.05, 3.63) is 0 Å².